The second kappa shape index (κ2) is 6.55. The van der Waals surface area contributed by atoms with Crippen LogP contribution < -0.4 is 11.1 Å². The first-order valence-electron chi connectivity index (χ1n) is 6.44. The second-order valence-corrected chi connectivity index (χ2v) is 5.11. The van der Waals surface area contributed by atoms with Gasteiger partial charge >= 0.3 is 0 Å². The highest BCUT2D eigenvalue weighted by molar-refractivity contribution is 6.30. The first-order chi connectivity index (χ1) is 9.58. The molecule has 0 radical (unpaired) electrons. The molecule has 0 aromatic heterocycles. The number of carbonyl (C=O) groups is 1. The van der Waals surface area contributed by atoms with Gasteiger partial charge in [0.05, 0.1) is 6.04 Å². The number of nitrogens with two attached hydrogens (primary N) is 1. The van der Waals surface area contributed by atoms with Crippen molar-refractivity contribution in [1.82, 2.24) is 5.32 Å². The fourth-order valence-electron chi connectivity index (χ4n) is 1.95. The summed E-state index contributed by atoms with van der Waals surface area (Å²) in [7, 11) is 0. The molecule has 104 valence electrons. The molecule has 2 rings (SSSR count). The minimum Gasteiger partial charge on any atom is -0.348 e. The Bertz CT molecular complexity index is 569. The van der Waals surface area contributed by atoms with E-state index in [4.69, 9.17) is 17.3 Å². The summed E-state index contributed by atoms with van der Waals surface area (Å²) in [6, 6.07) is 15.9. The van der Waals surface area contributed by atoms with Crippen LogP contribution >= 0.6 is 11.6 Å². The van der Waals surface area contributed by atoms with Gasteiger partial charge in [-0.2, -0.15) is 0 Å². The van der Waals surface area contributed by atoms with E-state index in [1.165, 1.54) is 0 Å². The van der Waals surface area contributed by atoms with E-state index >= 15 is 0 Å². The summed E-state index contributed by atoms with van der Waals surface area (Å²) < 4.78 is 0. The molecule has 2 aromatic rings. The average molecular weight is 289 g/mol. The van der Waals surface area contributed by atoms with Crippen LogP contribution in [0.1, 0.15) is 30.1 Å². The number of rotatable bonds is 4. The van der Waals surface area contributed by atoms with Gasteiger partial charge in [-0.25, -0.2) is 0 Å². The van der Waals surface area contributed by atoms with Gasteiger partial charge in [-0.1, -0.05) is 54.1 Å². The SMILES string of the molecule is CC(NC(=O)[C@H](N)c1ccccc1)c1ccc(Cl)cc1. The van der Waals surface area contributed by atoms with Crippen molar-refractivity contribution in [3.05, 3.63) is 70.7 Å². The van der Waals surface area contributed by atoms with E-state index in [-0.39, 0.29) is 11.9 Å². The molecule has 0 saturated carbocycles. The van der Waals surface area contributed by atoms with Gasteiger partial charge in [0, 0.05) is 5.02 Å². The highest BCUT2D eigenvalue weighted by Gasteiger charge is 2.17. The number of amides is 1. The van der Waals surface area contributed by atoms with Gasteiger partial charge in [0.2, 0.25) is 5.91 Å². The number of benzene rings is 2. The van der Waals surface area contributed by atoms with Crippen molar-refractivity contribution >= 4 is 17.5 Å². The molecule has 1 amide bonds. The quantitative estimate of drug-likeness (QED) is 0.907. The predicted octanol–water partition coefficient (Wildman–Crippen LogP) is 3.22. The summed E-state index contributed by atoms with van der Waals surface area (Å²) in [4.78, 5) is 12.1. The molecule has 0 saturated heterocycles. The highest BCUT2D eigenvalue weighted by Crippen LogP contribution is 2.17. The summed E-state index contributed by atoms with van der Waals surface area (Å²) in [5.74, 6) is -0.196. The van der Waals surface area contributed by atoms with Crippen LogP contribution in [0.15, 0.2) is 54.6 Å². The maximum Gasteiger partial charge on any atom is 0.241 e. The lowest BCUT2D eigenvalue weighted by Crippen LogP contribution is -2.35. The number of halogens is 1. The lowest BCUT2D eigenvalue weighted by Gasteiger charge is -2.18. The molecule has 20 heavy (non-hydrogen) atoms. The van der Waals surface area contributed by atoms with Crippen molar-refractivity contribution in [2.75, 3.05) is 0 Å². The molecule has 0 aliphatic carbocycles. The summed E-state index contributed by atoms with van der Waals surface area (Å²) in [6.45, 7) is 1.92. The van der Waals surface area contributed by atoms with E-state index in [1.807, 2.05) is 49.4 Å². The fourth-order valence-corrected chi connectivity index (χ4v) is 2.08. The van der Waals surface area contributed by atoms with Crippen molar-refractivity contribution in [3.63, 3.8) is 0 Å². The van der Waals surface area contributed by atoms with Gasteiger partial charge in [0.25, 0.3) is 0 Å². The second-order valence-electron chi connectivity index (χ2n) is 4.67. The Labute approximate surface area is 123 Å². The Hall–Kier alpha value is -1.84. The monoisotopic (exact) mass is 288 g/mol. The van der Waals surface area contributed by atoms with E-state index in [9.17, 15) is 4.79 Å². The average Bonchev–Trinajstić information content (AvgIpc) is 2.48. The predicted molar refractivity (Wildman–Crippen MR) is 81.4 cm³/mol. The van der Waals surface area contributed by atoms with Crippen molar-refractivity contribution in [2.45, 2.75) is 19.0 Å². The minimum absolute atomic E-state index is 0.116. The first kappa shape index (κ1) is 14.6. The molecule has 0 fully saturated rings. The Kier molecular flexibility index (Phi) is 4.77. The molecule has 0 aliphatic rings. The Morgan fingerprint density at radius 2 is 1.65 bits per heavy atom. The Morgan fingerprint density at radius 1 is 1.05 bits per heavy atom. The summed E-state index contributed by atoms with van der Waals surface area (Å²) >= 11 is 5.85. The van der Waals surface area contributed by atoms with Gasteiger partial charge in [-0.15, -0.1) is 0 Å². The smallest absolute Gasteiger partial charge is 0.241 e. The third kappa shape index (κ3) is 3.59. The first-order valence-corrected chi connectivity index (χ1v) is 6.82. The molecule has 2 atom stereocenters. The zero-order chi connectivity index (χ0) is 14.5. The van der Waals surface area contributed by atoms with Crippen LogP contribution in [0.3, 0.4) is 0 Å². The highest BCUT2D eigenvalue weighted by atomic mass is 35.5. The number of nitrogens with one attached hydrogen (secondary N) is 1. The Morgan fingerprint density at radius 3 is 2.25 bits per heavy atom. The van der Waals surface area contributed by atoms with Crippen molar-refractivity contribution in [1.29, 1.82) is 0 Å². The third-order valence-electron chi connectivity index (χ3n) is 3.17. The van der Waals surface area contributed by atoms with E-state index in [0.29, 0.717) is 5.02 Å². The van der Waals surface area contributed by atoms with Crippen molar-refractivity contribution in [2.24, 2.45) is 5.73 Å². The van der Waals surface area contributed by atoms with Crippen LogP contribution in [0, 0.1) is 0 Å². The molecule has 1 unspecified atom stereocenters. The van der Waals surface area contributed by atoms with Gasteiger partial charge in [0.1, 0.15) is 6.04 Å². The van der Waals surface area contributed by atoms with Crippen LogP contribution in [0.2, 0.25) is 5.02 Å². The van der Waals surface area contributed by atoms with Crippen molar-refractivity contribution in [3.8, 4) is 0 Å². The van der Waals surface area contributed by atoms with Gasteiger partial charge in [-0.3, -0.25) is 4.79 Å². The summed E-state index contributed by atoms with van der Waals surface area (Å²) in [5, 5.41) is 3.58. The lowest BCUT2D eigenvalue weighted by molar-refractivity contribution is -0.123. The van der Waals surface area contributed by atoms with E-state index in [0.717, 1.165) is 11.1 Å². The maximum atomic E-state index is 12.1. The minimum atomic E-state index is -0.661. The zero-order valence-electron chi connectivity index (χ0n) is 11.2. The summed E-state index contributed by atoms with van der Waals surface area (Å²) in [5.41, 5.74) is 7.74. The maximum absolute atomic E-state index is 12.1. The lowest BCUT2D eigenvalue weighted by atomic mass is 10.1. The zero-order valence-corrected chi connectivity index (χ0v) is 12.0. The van der Waals surface area contributed by atoms with Gasteiger partial charge in [-0.05, 0) is 30.2 Å². The van der Waals surface area contributed by atoms with Crippen molar-refractivity contribution < 1.29 is 4.79 Å². The molecular weight excluding hydrogens is 272 g/mol. The molecule has 0 aliphatic heterocycles. The standard InChI is InChI=1S/C16H17ClN2O/c1-11(12-7-9-14(17)10-8-12)19-16(20)15(18)13-5-3-2-4-6-13/h2-11,15H,18H2,1H3,(H,19,20)/t11?,15-/m1/s1. The van der Waals surface area contributed by atoms with E-state index in [2.05, 4.69) is 5.32 Å². The molecular formula is C16H17ClN2O. The normalized spacial score (nSPS) is 13.6. The van der Waals surface area contributed by atoms with E-state index in [1.54, 1.807) is 12.1 Å². The van der Waals surface area contributed by atoms with Gasteiger partial charge in [0.15, 0.2) is 0 Å². The largest absolute Gasteiger partial charge is 0.348 e. The molecule has 4 heteroatoms. The molecule has 2 aromatic carbocycles. The fraction of sp³-hybridized carbons (Fsp3) is 0.188. The molecule has 3 N–H and O–H groups in total. The molecule has 0 spiro atoms. The van der Waals surface area contributed by atoms with Crippen LogP contribution in [0.25, 0.3) is 0 Å². The summed E-state index contributed by atoms with van der Waals surface area (Å²) in [6.07, 6.45) is 0. The third-order valence-corrected chi connectivity index (χ3v) is 3.42. The topological polar surface area (TPSA) is 55.1 Å². The van der Waals surface area contributed by atoms with Crippen LogP contribution in [0.4, 0.5) is 0 Å². The molecule has 0 bridgehead atoms. The molecule has 3 nitrogen and oxygen atoms in total. The number of hydrogen-bond acceptors (Lipinski definition) is 2. The van der Waals surface area contributed by atoms with E-state index < -0.39 is 6.04 Å². The Balaban J connectivity index is 2.02. The molecule has 0 heterocycles. The van der Waals surface area contributed by atoms with Crippen LogP contribution in [-0.2, 0) is 4.79 Å². The van der Waals surface area contributed by atoms with Gasteiger partial charge < -0.3 is 11.1 Å². The number of hydrogen-bond donors (Lipinski definition) is 2. The van der Waals surface area contributed by atoms with Crippen LogP contribution in [0.5, 0.6) is 0 Å². The number of carbonyl (C=O) groups excluding carboxylic acids is 1. The van der Waals surface area contributed by atoms with Crippen LogP contribution in [-0.4, -0.2) is 5.91 Å².